The third kappa shape index (κ3) is 9.15. The zero-order chi connectivity index (χ0) is 31.5. The van der Waals surface area contributed by atoms with Crippen molar-refractivity contribution in [1.82, 2.24) is 10.2 Å². The number of ether oxygens (including phenoxy) is 2. The lowest BCUT2D eigenvalue weighted by Crippen LogP contribution is -2.41. The molecule has 0 aromatic heterocycles. The summed E-state index contributed by atoms with van der Waals surface area (Å²) in [6.45, 7) is 0.393. The van der Waals surface area contributed by atoms with E-state index in [1.807, 2.05) is 60.7 Å². The summed E-state index contributed by atoms with van der Waals surface area (Å²) in [5.74, 6) is 0.988. The number of carbonyl (C=O) groups is 3. The topological polar surface area (TPSA) is 119 Å². The average Bonchev–Trinajstić information content (AvgIpc) is 3.04. The first-order valence-corrected chi connectivity index (χ1v) is 15.4. The van der Waals surface area contributed by atoms with Crippen molar-refractivity contribution in [3.8, 4) is 11.5 Å². The highest BCUT2D eigenvalue weighted by Gasteiger charge is 2.28. The molecule has 0 spiro atoms. The Morgan fingerprint density at radius 3 is 1.98 bits per heavy atom. The van der Waals surface area contributed by atoms with E-state index in [4.69, 9.17) is 9.47 Å². The molecule has 10 heteroatoms. The quantitative estimate of drug-likeness (QED) is 0.300. The van der Waals surface area contributed by atoms with E-state index in [0.29, 0.717) is 36.1 Å². The number of piperidine rings is 1. The van der Waals surface area contributed by atoms with Crippen LogP contribution in [0.1, 0.15) is 36.8 Å². The maximum Gasteiger partial charge on any atom is 0.224 e. The van der Waals surface area contributed by atoms with Crippen LogP contribution in [0.3, 0.4) is 0 Å². The van der Waals surface area contributed by atoms with Gasteiger partial charge in [0.05, 0.1) is 19.1 Å². The zero-order valence-corrected chi connectivity index (χ0v) is 25.7. The van der Waals surface area contributed by atoms with E-state index in [1.54, 1.807) is 31.3 Å². The molecule has 4 rings (SSSR count). The molecule has 9 nitrogen and oxygen atoms in total. The van der Waals surface area contributed by atoms with Crippen LogP contribution in [0.4, 0.5) is 0 Å². The molecule has 0 radical (unpaired) electrons. The van der Waals surface area contributed by atoms with Gasteiger partial charge in [-0.25, -0.2) is 0 Å². The standard InChI is InChI=1S/C34H36N2O7S/c1-42-29-8-3-6-24(20-29)12-14-26-22-36(23-27(34(26)39)15-13-25-7-4-9-30(21-25)43-2)33(38)11-5-10-32(37)35-28-16-18-31(19-17-28)44(40)41/h3-4,6-9,14-18,20-21H,5,10-13,19,22-23H2,1-2H3,(H,35,37)/b26-14+,27-15+. The summed E-state index contributed by atoms with van der Waals surface area (Å²) in [5.41, 5.74) is 3.60. The van der Waals surface area contributed by atoms with Crippen LogP contribution >= 0.6 is 0 Å². The molecule has 1 fully saturated rings. The van der Waals surface area contributed by atoms with Gasteiger partial charge in [-0.15, -0.1) is 0 Å². The number of nitrogens with zero attached hydrogens (tertiary/aromatic N) is 1. The Bertz CT molecular complexity index is 1600. The van der Waals surface area contributed by atoms with Crippen molar-refractivity contribution < 1.29 is 32.3 Å². The lowest BCUT2D eigenvalue weighted by molar-refractivity contribution is -0.131. The minimum Gasteiger partial charge on any atom is -0.497 e. The van der Waals surface area contributed by atoms with Crippen molar-refractivity contribution in [3.63, 3.8) is 0 Å². The number of amides is 2. The molecule has 2 aromatic carbocycles. The average molecular weight is 617 g/mol. The smallest absolute Gasteiger partial charge is 0.224 e. The predicted octanol–water partition coefficient (Wildman–Crippen LogP) is 3.93. The fourth-order valence-corrected chi connectivity index (χ4v) is 5.31. The number of carbonyl (C=O) groups excluding carboxylic acids is 3. The van der Waals surface area contributed by atoms with Crippen LogP contribution in [0.15, 0.2) is 95.8 Å². The number of allylic oxidation sites excluding steroid dienone is 5. The van der Waals surface area contributed by atoms with Crippen molar-refractivity contribution >= 4 is 32.8 Å². The molecular weight excluding hydrogens is 580 g/mol. The summed E-state index contributed by atoms with van der Waals surface area (Å²) in [6.07, 6.45) is 10.2. The van der Waals surface area contributed by atoms with E-state index in [2.05, 4.69) is 5.32 Å². The number of rotatable bonds is 11. The van der Waals surface area contributed by atoms with Gasteiger partial charge in [0, 0.05) is 49.2 Å². The first-order valence-electron chi connectivity index (χ1n) is 14.3. The van der Waals surface area contributed by atoms with Crippen LogP contribution in [0.2, 0.25) is 0 Å². The van der Waals surface area contributed by atoms with Crippen LogP contribution in [-0.2, 0) is 37.5 Å². The molecular formula is C34H36N2O7S. The van der Waals surface area contributed by atoms with E-state index in [0.717, 1.165) is 22.6 Å². The fraction of sp³-hybridized carbons (Fsp3) is 0.294. The number of hydrogen-bond acceptors (Lipinski definition) is 7. The minimum absolute atomic E-state index is 0.0748. The highest BCUT2D eigenvalue weighted by Crippen LogP contribution is 2.22. The molecule has 230 valence electrons. The van der Waals surface area contributed by atoms with Gasteiger partial charge < -0.3 is 19.7 Å². The molecule has 44 heavy (non-hydrogen) atoms. The monoisotopic (exact) mass is 616 g/mol. The summed E-state index contributed by atoms with van der Waals surface area (Å²) < 4.78 is 32.7. The molecule has 1 saturated heterocycles. The highest BCUT2D eigenvalue weighted by molar-refractivity contribution is 7.73. The summed E-state index contributed by atoms with van der Waals surface area (Å²) in [7, 11) is 0.925. The Labute approximate surface area is 259 Å². The third-order valence-corrected chi connectivity index (χ3v) is 8.09. The summed E-state index contributed by atoms with van der Waals surface area (Å²) in [5, 5.41) is 2.75. The van der Waals surface area contributed by atoms with Gasteiger partial charge in [-0.05, 0) is 66.8 Å². The molecule has 0 unspecified atom stereocenters. The van der Waals surface area contributed by atoms with Crippen molar-refractivity contribution in [1.29, 1.82) is 0 Å². The van der Waals surface area contributed by atoms with Crippen LogP contribution in [-0.4, -0.2) is 63.1 Å². The van der Waals surface area contributed by atoms with Gasteiger partial charge in [-0.1, -0.05) is 42.5 Å². The van der Waals surface area contributed by atoms with E-state index in [9.17, 15) is 22.8 Å². The second kappa shape index (κ2) is 15.7. The number of likely N-dealkylation sites (tertiary alicyclic amines) is 1. The molecule has 1 aliphatic carbocycles. The van der Waals surface area contributed by atoms with Crippen molar-refractivity contribution in [2.75, 3.05) is 27.3 Å². The zero-order valence-electron chi connectivity index (χ0n) is 24.9. The van der Waals surface area contributed by atoms with E-state index < -0.39 is 10.3 Å². The molecule has 0 saturated carbocycles. The first-order chi connectivity index (χ1) is 21.2. The molecule has 1 N–H and O–H groups in total. The Balaban J connectivity index is 1.42. The minimum atomic E-state index is -2.28. The van der Waals surface area contributed by atoms with Crippen LogP contribution < -0.4 is 14.8 Å². The Kier molecular flexibility index (Phi) is 11.5. The van der Waals surface area contributed by atoms with Gasteiger partial charge >= 0.3 is 0 Å². The maximum atomic E-state index is 13.5. The number of ketones is 1. The van der Waals surface area contributed by atoms with Crippen molar-refractivity contribution in [3.05, 3.63) is 107 Å². The Morgan fingerprint density at radius 2 is 1.48 bits per heavy atom. The Morgan fingerprint density at radius 1 is 0.886 bits per heavy atom. The van der Waals surface area contributed by atoms with Gasteiger partial charge in [-0.3, -0.25) is 14.4 Å². The highest BCUT2D eigenvalue weighted by atomic mass is 32.2. The largest absolute Gasteiger partial charge is 0.497 e. The molecule has 1 heterocycles. The van der Waals surface area contributed by atoms with Gasteiger partial charge in [-0.2, -0.15) is 8.42 Å². The molecule has 2 amide bonds. The molecule has 1 aliphatic heterocycles. The second-order valence-electron chi connectivity index (χ2n) is 10.4. The number of nitrogens with one attached hydrogen (secondary N) is 1. The normalized spacial score (nSPS) is 16.6. The Hall–Kier alpha value is -4.70. The maximum absolute atomic E-state index is 13.5. The van der Waals surface area contributed by atoms with E-state index >= 15 is 0 Å². The second-order valence-corrected chi connectivity index (χ2v) is 11.4. The predicted molar refractivity (Wildman–Crippen MR) is 169 cm³/mol. The molecule has 0 bridgehead atoms. The van der Waals surface area contributed by atoms with Crippen LogP contribution in [0, 0.1) is 0 Å². The van der Waals surface area contributed by atoms with Gasteiger partial charge in [0.25, 0.3) is 0 Å². The SMILES string of the molecule is COc1cccc(C/C=C2\CN(C(=O)CCCC(=O)NC3=CCC(=S(=O)=O)C=C3)C/C(=C\Cc3cccc(OC)c3)C2=O)c1. The summed E-state index contributed by atoms with van der Waals surface area (Å²) in [6, 6.07) is 15.3. The van der Waals surface area contributed by atoms with Crippen LogP contribution in [0.5, 0.6) is 11.5 Å². The number of hydrogen-bond donors (Lipinski definition) is 1. The molecule has 2 aromatic rings. The lowest BCUT2D eigenvalue weighted by atomic mass is 9.94. The van der Waals surface area contributed by atoms with E-state index in [-0.39, 0.29) is 54.8 Å². The molecule has 0 atom stereocenters. The number of benzene rings is 2. The fourth-order valence-electron chi connectivity index (χ4n) is 4.92. The number of Topliss-reactive ketones (excluding diaryl/α,β-unsaturated/α-hetero) is 1. The summed E-state index contributed by atoms with van der Waals surface area (Å²) in [4.78, 5) is 41.2. The van der Waals surface area contributed by atoms with Crippen molar-refractivity contribution in [2.45, 2.75) is 38.5 Å². The first kappa shape index (κ1) is 32.2. The number of methoxy groups -OCH3 is 2. The molecule has 2 aliphatic rings. The lowest BCUT2D eigenvalue weighted by Gasteiger charge is -2.30. The summed E-state index contributed by atoms with van der Waals surface area (Å²) >= 11 is 0. The van der Waals surface area contributed by atoms with Crippen molar-refractivity contribution in [2.24, 2.45) is 0 Å². The van der Waals surface area contributed by atoms with Gasteiger partial charge in [0.15, 0.2) is 5.78 Å². The third-order valence-electron chi connectivity index (χ3n) is 7.36. The van der Waals surface area contributed by atoms with Gasteiger partial charge in [0.2, 0.25) is 22.1 Å². The van der Waals surface area contributed by atoms with Crippen LogP contribution in [0.25, 0.3) is 0 Å². The van der Waals surface area contributed by atoms with E-state index in [1.165, 1.54) is 6.08 Å². The van der Waals surface area contributed by atoms with Gasteiger partial charge in [0.1, 0.15) is 11.5 Å².